The number of nitrogens with one attached hydrogen (secondary N) is 1. The third-order valence-electron chi connectivity index (χ3n) is 3.20. The minimum atomic E-state index is -0.433. The van der Waals surface area contributed by atoms with Crippen LogP contribution in [0.25, 0.3) is 6.08 Å². The summed E-state index contributed by atoms with van der Waals surface area (Å²) in [5, 5.41) is 3.23. The molecule has 0 unspecified atom stereocenters. The van der Waals surface area contributed by atoms with Gasteiger partial charge in [0.25, 0.3) is 5.91 Å². The maximum atomic E-state index is 12.2. The van der Waals surface area contributed by atoms with Crippen molar-refractivity contribution in [1.29, 1.82) is 0 Å². The van der Waals surface area contributed by atoms with Gasteiger partial charge in [-0.3, -0.25) is 9.59 Å². The highest BCUT2D eigenvalue weighted by Crippen LogP contribution is 2.37. The zero-order valence-electron chi connectivity index (χ0n) is 12.7. The molecule has 8 heteroatoms. The Morgan fingerprint density at radius 1 is 1.24 bits per heavy atom. The van der Waals surface area contributed by atoms with Crippen LogP contribution in [0.5, 0.6) is 11.5 Å². The van der Waals surface area contributed by atoms with Gasteiger partial charge < -0.3 is 14.8 Å². The van der Waals surface area contributed by atoms with Crippen molar-refractivity contribution in [1.82, 2.24) is 0 Å². The molecule has 0 radical (unpaired) electrons. The first-order valence-electron chi connectivity index (χ1n) is 7.01. The van der Waals surface area contributed by atoms with Gasteiger partial charge in [0, 0.05) is 11.9 Å². The molecule has 1 aliphatic rings. The van der Waals surface area contributed by atoms with Crippen LogP contribution in [0.3, 0.4) is 0 Å². The maximum Gasteiger partial charge on any atom is 0.308 e. The van der Waals surface area contributed by atoms with Gasteiger partial charge in [0.05, 0.1) is 14.6 Å². The highest BCUT2D eigenvalue weighted by Gasteiger charge is 2.22. The van der Waals surface area contributed by atoms with Gasteiger partial charge in [-0.1, -0.05) is 11.6 Å². The topological polar surface area (TPSA) is 64.6 Å². The molecule has 5 nitrogen and oxygen atoms in total. The molecular formula is C17H10Br2ClNO4. The Kier molecular flexibility index (Phi) is 5.17. The number of hydrogen-bond donors (Lipinski definition) is 1. The predicted molar refractivity (Wildman–Crippen MR) is 102 cm³/mol. The molecule has 3 rings (SSSR count). The summed E-state index contributed by atoms with van der Waals surface area (Å²) in [5.41, 5.74) is 1.19. The Morgan fingerprint density at radius 3 is 2.56 bits per heavy atom. The van der Waals surface area contributed by atoms with Gasteiger partial charge in [0.1, 0.15) is 0 Å². The van der Waals surface area contributed by atoms with E-state index in [1.807, 2.05) is 0 Å². The Hall–Kier alpha value is -1.83. The van der Waals surface area contributed by atoms with Crippen LogP contribution < -0.4 is 14.8 Å². The fraction of sp³-hybridized carbons (Fsp3) is 0.0588. The highest BCUT2D eigenvalue weighted by atomic mass is 79.9. The summed E-state index contributed by atoms with van der Waals surface area (Å²) in [6, 6.07) is 8.40. The van der Waals surface area contributed by atoms with E-state index in [2.05, 4.69) is 37.2 Å². The zero-order valence-corrected chi connectivity index (χ0v) is 16.7. The van der Waals surface area contributed by atoms with Gasteiger partial charge in [-0.25, -0.2) is 0 Å². The molecule has 0 bridgehead atoms. The smallest absolute Gasteiger partial charge is 0.308 e. The van der Waals surface area contributed by atoms with E-state index in [0.717, 1.165) is 0 Å². The van der Waals surface area contributed by atoms with Crippen LogP contribution in [0.15, 0.2) is 45.0 Å². The van der Waals surface area contributed by atoms with Gasteiger partial charge >= 0.3 is 5.97 Å². The highest BCUT2D eigenvalue weighted by molar-refractivity contribution is 9.11. The first kappa shape index (κ1) is 18.0. The van der Waals surface area contributed by atoms with E-state index in [4.69, 9.17) is 21.1 Å². The summed E-state index contributed by atoms with van der Waals surface area (Å²) < 4.78 is 11.9. The van der Waals surface area contributed by atoms with Crippen molar-refractivity contribution >= 4 is 67.1 Å². The Bertz CT molecular complexity index is 904. The summed E-state index contributed by atoms with van der Waals surface area (Å²) in [4.78, 5) is 23.4. The van der Waals surface area contributed by atoms with Crippen LogP contribution >= 0.6 is 43.5 Å². The number of benzene rings is 2. The molecule has 0 saturated carbocycles. The second-order valence-electron chi connectivity index (χ2n) is 5.11. The average molecular weight is 488 g/mol. The molecule has 128 valence electrons. The van der Waals surface area contributed by atoms with Crippen LogP contribution in [-0.2, 0) is 9.59 Å². The first-order chi connectivity index (χ1) is 11.8. The molecule has 0 fully saturated rings. The second kappa shape index (κ2) is 7.19. The normalized spacial score (nSPS) is 14.6. The van der Waals surface area contributed by atoms with Crippen LogP contribution in [0.4, 0.5) is 5.69 Å². The van der Waals surface area contributed by atoms with Crippen molar-refractivity contribution in [2.75, 3.05) is 5.32 Å². The molecule has 1 aliphatic heterocycles. The summed E-state index contributed by atoms with van der Waals surface area (Å²) in [6.45, 7) is 1.32. The molecule has 1 heterocycles. The minimum Gasteiger partial charge on any atom is -0.449 e. The first-order valence-corrected chi connectivity index (χ1v) is 8.98. The molecule has 25 heavy (non-hydrogen) atoms. The van der Waals surface area contributed by atoms with Crippen LogP contribution in [0.2, 0.25) is 5.02 Å². The summed E-state index contributed by atoms with van der Waals surface area (Å²) >= 11 is 12.6. The Labute approximate surface area is 165 Å². The van der Waals surface area contributed by atoms with E-state index in [1.54, 1.807) is 36.4 Å². The van der Waals surface area contributed by atoms with Crippen molar-refractivity contribution in [2.24, 2.45) is 0 Å². The van der Waals surface area contributed by atoms with Crippen LogP contribution in [0, 0.1) is 0 Å². The quantitative estimate of drug-likeness (QED) is 0.361. The number of halogens is 3. The molecule has 0 aromatic heterocycles. The van der Waals surface area contributed by atoms with E-state index in [9.17, 15) is 9.59 Å². The summed E-state index contributed by atoms with van der Waals surface area (Å²) in [6.07, 6.45) is 1.58. The van der Waals surface area contributed by atoms with Crippen molar-refractivity contribution in [3.63, 3.8) is 0 Å². The van der Waals surface area contributed by atoms with E-state index >= 15 is 0 Å². The number of hydrogen-bond acceptors (Lipinski definition) is 4. The second-order valence-corrected chi connectivity index (χ2v) is 7.26. The zero-order chi connectivity index (χ0) is 18.1. The summed E-state index contributed by atoms with van der Waals surface area (Å²) in [5.74, 6) is 0.186. The Balaban J connectivity index is 1.94. The molecular weight excluding hydrogens is 477 g/mol. The number of carbonyl (C=O) groups is 2. The molecule has 2 aromatic carbocycles. The third-order valence-corrected chi connectivity index (χ3v) is 4.61. The molecule has 0 saturated heterocycles. The number of esters is 1. The van der Waals surface area contributed by atoms with E-state index < -0.39 is 5.97 Å². The fourth-order valence-electron chi connectivity index (χ4n) is 2.19. The number of carbonyl (C=O) groups excluding carboxylic acids is 2. The lowest BCUT2D eigenvalue weighted by Gasteiger charge is -2.20. The van der Waals surface area contributed by atoms with Crippen molar-refractivity contribution in [2.45, 2.75) is 6.92 Å². The number of fused-ring (bicyclic) bond motifs is 1. The van der Waals surface area contributed by atoms with Crippen LogP contribution in [0.1, 0.15) is 12.5 Å². The van der Waals surface area contributed by atoms with E-state index in [0.29, 0.717) is 36.7 Å². The van der Waals surface area contributed by atoms with Crippen LogP contribution in [-0.4, -0.2) is 11.9 Å². The lowest BCUT2D eigenvalue weighted by molar-refractivity contribution is -0.132. The SMILES string of the molecule is CC(=O)Oc1c(Br)cc(/C=C2\Oc3ccc(Cl)cc3NC2=O)cc1Br. The third kappa shape index (κ3) is 4.05. The standard InChI is InChI=1S/C17H10Br2ClNO4/c1-8(22)24-16-11(18)4-9(5-12(16)19)6-15-17(23)21-13-7-10(20)2-3-14(13)25-15/h2-7H,1H3,(H,21,23)/b15-6-. The van der Waals surface area contributed by atoms with Crippen molar-refractivity contribution in [3.8, 4) is 11.5 Å². The molecule has 1 N–H and O–H groups in total. The lowest BCUT2D eigenvalue weighted by Crippen LogP contribution is -2.23. The fourth-order valence-corrected chi connectivity index (χ4v) is 3.74. The maximum absolute atomic E-state index is 12.2. The number of ether oxygens (including phenoxy) is 2. The monoisotopic (exact) mass is 485 g/mol. The Morgan fingerprint density at radius 2 is 1.92 bits per heavy atom. The molecule has 0 spiro atoms. The number of rotatable bonds is 2. The van der Waals surface area contributed by atoms with E-state index in [-0.39, 0.29) is 11.7 Å². The average Bonchev–Trinajstić information content (AvgIpc) is 2.52. The van der Waals surface area contributed by atoms with Gasteiger partial charge in [0.15, 0.2) is 17.3 Å². The lowest BCUT2D eigenvalue weighted by atomic mass is 10.1. The molecule has 1 amide bonds. The number of amides is 1. The minimum absolute atomic E-state index is 0.133. The largest absolute Gasteiger partial charge is 0.449 e. The molecule has 0 atom stereocenters. The molecule has 2 aromatic rings. The van der Waals surface area contributed by atoms with Gasteiger partial charge in [-0.2, -0.15) is 0 Å². The predicted octanol–water partition coefficient (Wildman–Crippen LogP) is 5.16. The number of anilines is 1. The van der Waals surface area contributed by atoms with Gasteiger partial charge in [-0.05, 0) is 73.8 Å². The van der Waals surface area contributed by atoms with Gasteiger partial charge in [-0.15, -0.1) is 0 Å². The molecule has 0 aliphatic carbocycles. The van der Waals surface area contributed by atoms with Crippen molar-refractivity contribution in [3.05, 3.63) is 55.6 Å². The van der Waals surface area contributed by atoms with Crippen molar-refractivity contribution < 1.29 is 19.1 Å². The van der Waals surface area contributed by atoms with Gasteiger partial charge in [0.2, 0.25) is 0 Å². The summed E-state index contributed by atoms with van der Waals surface area (Å²) in [7, 11) is 0. The van der Waals surface area contributed by atoms with E-state index in [1.165, 1.54) is 6.92 Å².